The third kappa shape index (κ3) is 2.94. The van der Waals surface area contributed by atoms with Gasteiger partial charge in [0.05, 0.1) is 0 Å². The molecule has 0 saturated heterocycles. The molecule has 1 saturated carbocycles. The topological polar surface area (TPSA) is 35.2 Å². The standard InChI is InChI=1S/C17H27NO/c1-4-6-7-13-8-10-14(11-9-13)19-16-12-15(18)17(16,3)5-2/h8-11,15-16H,4-7,12,18H2,1-3H3. The fourth-order valence-electron chi connectivity index (χ4n) is 2.80. The van der Waals surface area contributed by atoms with E-state index in [-0.39, 0.29) is 17.6 Å². The maximum Gasteiger partial charge on any atom is 0.119 e. The molecular formula is C17H27NO. The molecule has 2 heteroatoms. The number of unbranched alkanes of at least 4 members (excludes halogenated alkanes) is 1. The Hall–Kier alpha value is -1.02. The van der Waals surface area contributed by atoms with Crippen molar-refractivity contribution in [1.82, 2.24) is 0 Å². The Bertz CT molecular complexity index is 400. The third-order valence-corrected chi connectivity index (χ3v) is 4.83. The average molecular weight is 261 g/mol. The normalized spacial score (nSPS) is 29.9. The Kier molecular flexibility index (Phi) is 4.51. The van der Waals surface area contributed by atoms with Gasteiger partial charge in [-0.2, -0.15) is 0 Å². The summed E-state index contributed by atoms with van der Waals surface area (Å²) in [7, 11) is 0. The van der Waals surface area contributed by atoms with E-state index in [1.165, 1.54) is 18.4 Å². The number of nitrogens with two attached hydrogens (primary N) is 1. The van der Waals surface area contributed by atoms with Crippen LogP contribution in [0.5, 0.6) is 5.75 Å². The molecule has 1 aromatic carbocycles. The number of ether oxygens (including phenoxy) is 1. The summed E-state index contributed by atoms with van der Waals surface area (Å²) in [5.74, 6) is 0.983. The molecule has 0 heterocycles. The van der Waals surface area contributed by atoms with E-state index in [2.05, 4.69) is 45.0 Å². The second kappa shape index (κ2) is 5.96. The van der Waals surface area contributed by atoms with Gasteiger partial charge in [0.15, 0.2) is 0 Å². The van der Waals surface area contributed by atoms with Gasteiger partial charge in [-0.3, -0.25) is 0 Å². The fraction of sp³-hybridized carbons (Fsp3) is 0.647. The van der Waals surface area contributed by atoms with Crippen LogP contribution in [0.2, 0.25) is 0 Å². The SMILES string of the molecule is CCCCc1ccc(OC2CC(N)C2(C)CC)cc1. The molecule has 0 aliphatic heterocycles. The van der Waals surface area contributed by atoms with Crippen LogP contribution >= 0.6 is 0 Å². The van der Waals surface area contributed by atoms with Crippen molar-refractivity contribution < 1.29 is 4.74 Å². The van der Waals surface area contributed by atoms with Gasteiger partial charge in [0, 0.05) is 17.9 Å². The largest absolute Gasteiger partial charge is 0.490 e. The molecule has 2 rings (SSSR count). The summed E-state index contributed by atoms with van der Waals surface area (Å²) in [6, 6.07) is 8.86. The summed E-state index contributed by atoms with van der Waals surface area (Å²) < 4.78 is 6.11. The van der Waals surface area contributed by atoms with E-state index in [1.807, 2.05) is 0 Å². The van der Waals surface area contributed by atoms with E-state index >= 15 is 0 Å². The Morgan fingerprint density at radius 1 is 1.26 bits per heavy atom. The summed E-state index contributed by atoms with van der Waals surface area (Å²) in [6.07, 6.45) is 5.99. The molecule has 19 heavy (non-hydrogen) atoms. The van der Waals surface area contributed by atoms with Gasteiger partial charge in [0.2, 0.25) is 0 Å². The Labute approximate surface area is 117 Å². The van der Waals surface area contributed by atoms with Crippen molar-refractivity contribution in [2.24, 2.45) is 11.1 Å². The highest BCUT2D eigenvalue weighted by molar-refractivity contribution is 5.28. The van der Waals surface area contributed by atoms with Gasteiger partial charge in [-0.1, -0.05) is 39.3 Å². The van der Waals surface area contributed by atoms with Crippen LogP contribution in [0.15, 0.2) is 24.3 Å². The van der Waals surface area contributed by atoms with Crippen molar-refractivity contribution >= 4 is 0 Å². The first-order chi connectivity index (χ1) is 9.10. The monoisotopic (exact) mass is 261 g/mol. The zero-order valence-electron chi connectivity index (χ0n) is 12.5. The second-order valence-corrected chi connectivity index (χ2v) is 6.06. The first kappa shape index (κ1) is 14.4. The third-order valence-electron chi connectivity index (χ3n) is 4.83. The molecule has 3 unspecified atom stereocenters. The Balaban J connectivity index is 1.93. The molecule has 3 atom stereocenters. The van der Waals surface area contributed by atoms with E-state index in [4.69, 9.17) is 10.5 Å². The molecule has 0 radical (unpaired) electrons. The zero-order valence-corrected chi connectivity index (χ0v) is 12.5. The molecule has 0 amide bonds. The second-order valence-electron chi connectivity index (χ2n) is 6.06. The summed E-state index contributed by atoms with van der Waals surface area (Å²) in [4.78, 5) is 0. The lowest BCUT2D eigenvalue weighted by atomic mass is 9.62. The number of rotatable bonds is 6. The van der Waals surface area contributed by atoms with Gasteiger partial charge in [0.25, 0.3) is 0 Å². The highest BCUT2D eigenvalue weighted by Crippen LogP contribution is 2.44. The lowest BCUT2D eigenvalue weighted by Gasteiger charge is -2.51. The summed E-state index contributed by atoms with van der Waals surface area (Å²) in [5.41, 5.74) is 7.65. The van der Waals surface area contributed by atoms with Gasteiger partial charge >= 0.3 is 0 Å². The van der Waals surface area contributed by atoms with Crippen LogP contribution < -0.4 is 10.5 Å². The van der Waals surface area contributed by atoms with Crippen LogP contribution in [0.4, 0.5) is 0 Å². The predicted molar refractivity (Wildman–Crippen MR) is 80.5 cm³/mol. The van der Waals surface area contributed by atoms with Crippen LogP contribution in [0, 0.1) is 5.41 Å². The lowest BCUT2D eigenvalue weighted by molar-refractivity contribution is -0.0560. The predicted octanol–water partition coefficient (Wildman–Crippen LogP) is 3.92. The van der Waals surface area contributed by atoms with Crippen molar-refractivity contribution in [3.8, 4) is 5.75 Å². The van der Waals surface area contributed by atoms with E-state index < -0.39 is 0 Å². The Morgan fingerprint density at radius 2 is 1.95 bits per heavy atom. The summed E-state index contributed by atoms with van der Waals surface area (Å²) in [6.45, 7) is 6.66. The van der Waals surface area contributed by atoms with E-state index in [0.717, 1.165) is 25.0 Å². The molecule has 2 nitrogen and oxygen atoms in total. The van der Waals surface area contributed by atoms with Crippen molar-refractivity contribution in [3.63, 3.8) is 0 Å². The van der Waals surface area contributed by atoms with Crippen LogP contribution in [0.25, 0.3) is 0 Å². The van der Waals surface area contributed by atoms with Crippen molar-refractivity contribution in [1.29, 1.82) is 0 Å². The Morgan fingerprint density at radius 3 is 2.47 bits per heavy atom. The van der Waals surface area contributed by atoms with Crippen LogP contribution in [-0.4, -0.2) is 12.1 Å². The minimum absolute atomic E-state index is 0.140. The highest BCUT2D eigenvalue weighted by atomic mass is 16.5. The van der Waals surface area contributed by atoms with Crippen LogP contribution in [-0.2, 0) is 6.42 Å². The minimum atomic E-state index is 0.140. The van der Waals surface area contributed by atoms with Gasteiger partial charge in [-0.05, 0) is 37.0 Å². The summed E-state index contributed by atoms with van der Waals surface area (Å²) >= 11 is 0. The lowest BCUT2D eigenvalue weighted by Crippen LogP contribution is -2.61. The first-order valence-electron chi connectivity index (χ1n) is 7.61. The van der Waals surface area contributed by atoms with Gasteiger partial charge in [-0.15, -0.1) is 0 Å². The molecule has 0 bridgehead atoms. The maximum absolute atomic E-state index is 6.11. The maximum atomic E-state index is 6.11. The number of aryl methyl sites for hydroxylation is 1. The van der Waals surface area contributed by atoms with Crippen LogP contribution in [0.3, 0.4) is 0 Å². The average Bonchev–Trinajstić information content (AvgIpc) is 2.45. The molecule has 1 aliphatic carbocycles. The zero-order chi connectivity index (χ0) is 13.9. The highest BCUT2D eigenvalue weighted by Gasteiger charge is 2.50. The van der Waals surface area contributed by atoms with Gasteiger partial charge < -0.3 is 10.5 Å². The molecule has 2 N–H and O–H groups in total. The number of benzene rings is 1. The molecule has 1 fully saturated rings. The molecule has 1 aliphatic rings. The molecule has 1 aromatic rings. The molecule has 0 spiro atoms. The quantitative estimate of drug-likeness (QED) is 0.842. The number of hydrogen-bond donors (Lipinski definition) is 1. The van der Waals surface area contributed by atoms with Crippen molar-refractivity contribution in [2.45, 2.75) is 65.0 Å². The molecule has 106 valence electrons. The van der Waals surface area contributed by atoms with Crippen molar-refractivity contribution in [2.75, 3.05) is 0 Å². The first-order valence-corrected chi connectivity index (χ1v) is 7.61. The van der Waals surface area contributed by atoms with Crippen LogP contribution in [0.1, 0.15) is 52.0 Å². The molecular weight excluding hydrogens is 234 g/mol. The number of hydrogen-bond acceptors (Lipinski definition) is 2. The summed E-state index contributed by atoms with van der Waals surface area (Å²) in [5, 5.41) is 0. The van der Waals surface area contributed by atoms with Gasteiger partial charge in [0.1, 0.15) is 11.9 Å². The fourth-order valence-corrected chi connectivity index (χ4v) is 2.80. The smallest absolute Gasteiger partial charge is 0.119 e. The van der Waals surface area contributed by atoms with E-state index in [0.29, 0.717) is 0 Å². The van der Waals surface area contributed by atoms with Crippen molar-refractivity contribution in [3.05, 3.63) is 29.8 Å². The van der Waals surface area contributed by atoms with E-state index in [1.54, 1.807) is 0 Å². The van der Waals surface area contributed by atoms with Gasteiger partial charge in [-0.25, -0.2) is 0 Å². The molecule has 0 aromatic heterocycles. The minimum Gasteiger partial charge on any atom is -0.490 e. The van der Waals surface area contributed by atoms with E-state index in [9.17, 15) is 0 Å².